The molecule has 106 valence electrons. The van der Waals surface area contributed by atoms with Crippen molar-refractivity contribution in [1.82, 2.24) is 5.32 Å². The number of nitriles is 1. The minimum atomic E-state index is -0.497. The molecule has 0 aliphatic heterocycles. The van der Waals surface area contributed by atoms with Crippen LogP contribution in [-0.2, 0) is 0 Å². The average Bonchev–Trinajstić information content (AvgIpc) is 2.47. The molecule has 2 unspecified atom stereocenters. The molecule has 1 aromatic rings. The van der Waals surface area contributed by atoms with Crippen molar-refractivity contribution in [2.75, 3.05) is 6.61 Å². The molecule has 0 radical (unpaired) electrons. The molecule has 0 aromatic heterocycles. The number of carbonyl (C=O) groups excluding carboxylic acids is 1. The molecule has 1 saturated carbocycles. The number of rotatable bonds is 3. The highest BCUT2D eigenvalue weighted by atomic mass is 16.3. The molecule has 1 amide bonds. The van der Waals surface area contributed by atoms with E-state index in [1.807, 2.05) is 6.07 Å². The van der Waals surface area contributed by atoms with Gasteiger partial charge in [-0.25, -0.2) is 0 Å². The van der Waals surface area contributed by atoms with Crippen LogP contribution in [0.5, 0.6) is 0 Å². The zero-order valence-electron chi connectivity index (χ0n) is 11.7. The fourth-order valence-electron chi connectivity index (χ4n) is 2.97. The summed E-state index contributed by atoms with van der Waals surface area (Å²) in [5.74, 6) is 0.329. The van der Waals surface area contributed by atoms with Crippen molar-refractivity contribution in [1.29, 1.82) is 5.26 Å². The Bertz CT molecular complexity index is 518. The van der Waals surface area contributed by atoms with Gasteiger partial charge in [0.1, 0.15) is 0 Å². The van der Waals surface area contributed by atoms with Crippen molar-refractivity contribution in [3.63, 3.8) is 0 Å². The van der Waals surface area contributed by atoms with Crippen LogP contribution >= 0.6 is 0 Å². The van der Waals surface area contributed by atoms with Gasteiger partial charge in [-0.15, -0.1) is 0 Å². The number of aliphatic hydroxyl groups excluding tert-OH is 1. The van der Waals surface area contributed by atoms with E-state index in [0.29, 0.717) is 17.0 Å². The molecule has 0 bridgehead atoms. The van der Waals surface area contributed by atoms with Crippen molar-refractivity contribution in [2.45, 2.75) is 38.1 Å². The molecule has 1 fully saturated rings. The normalized spacial score (nSPS) is 25.8. The first kappa shape index (κ1) is 14.5. The highest BCUT2D eigenvalue weighted by Gasteiger charge is 2.35. The zero-order valence-corrected chi connectivity index (χ0v) is 11.7. The molecular formula is C16H20N2O2. The van der Waals surface area contributed by atoms with Gasteiger partial charge in [0, 0.05) is 5.56 Å². The van der Waals surface area contributed by atoms with E-state index in [0.717, 1.165) is 25.7 Å². The van der Waals surface area contributed by atoms with E-state index in [9.17, 15) is 9.90 Å². The van der Waals surface area contributed by atoms with Crippen LogP contribution in [0, 0.1) is 17.2 Å². The first-order valence-electron chi connectivity index (χ1n) is 7.02. The van der Waals surface area contributed by atoms with Gasteiger partial charge in [0.15, 0.2) is 0 Å². The standard InChI is InChI=1S/C16H20N2O2/c1-12-3-2-8-16(9-12,11-19)18-15(20)14-6-4-13(10-17)5-7-14/h4-7,12,19H,2-3,8-9,11H2,1H3,(H,18,20). The average molecular weight is 272 g/mol. The second-order valence-electron chi connectivity index (χ2n) is 5.78. The largest absolute Gasteiger partial charge is 0.394 e. The van der Waals surface area contributed by atoms with Crippen LogP contribution in [0.25, 0.3) is 0 Å². The third-order valence-corrected chi connectivity index (χ3v) is 4.05. The number of hydrogen-bond donors (Lipinski definition) is 2. The number of aliphatic hydroxyl groups is 1. The maximum Gasteiger partial charge on any atom is 0.251 e. The fraction of sp³-hybridized carbons (Fsp3) is 0.500. The van der Waals surface area contributed by atoms with Gasteiger partial charge in [-0.05, 0) is 43.0 Å². The van der Waals surface area contributed by atoms with E-state index in [-0.39, 0.29) is 12.5 Å². The molecule has 1 aliphatic carbocycles. The molecule has 0 spiro atoms. The second-order valence-corrected chi connectivity index (χ2v) is 5.78. The minimum Gasteiger partial charge on any atom is -0.394 e. The molecule has 20 heavy (non-hydrogen) atoms. The summed E-state index contributed by atoms with van der Waals surface area (Å²) in [5, 5.41) is 21.4. The number of carbonyl (C=O) groups is 1. The number of hydrogen-bond acceptors (Lipinski definition) is 3. The van der Waals surface area contributed by atoms with Crippen molar-refractivity contribution < 1.29 is 9.90 Å². The predicted octanol–water partition coefficient (Wildman–Crippen LogP) is 2.23. The Balaban J connectivity index is 2.10. The molecule has 1 aliphatic rings. The fourth-order valence-corrected chi connectivity index (χ4v) is 2.97. The van der Waals surface area contributed by atoms with E-state index < -0.39 is 5.54 Å². The van der Waals surface area contributed by atoms with Gasteiger partial charge in [0.25, 0.3) is 5.91 Å². The van der Waals surface area contributed by atoms with Crippen LogP contribution in [0.15, 0.2) is 24.3 Å². The van der Waals surface area contributed by atoms with Crippen LogP contribution in [-0.4, -0.2) is 23.2 Å². The van der Waals surface area contributed by atoms with Crippen LogP contribution in [0.3, 0.4) is 0 Å². The summed E-state index contributed by atoms with van der Waals surface area (Å²) >= 11 is 0. The molecule has 1 aromatic carbocycles. The molecule has 4 heteroatoms. The summed E-state index contributed by atoms with van der Waals surface area (Å²) in [6, 6.07) is 8.57. The third kappa shape index (κ3) is 3.17. The van der Waals surface area contributed by atoms with Crippen molar-refractivity contribution in [2.24, 2.45) is 5.92 Å². The Morgan fingerprint density at radius 1 is 1.50 bits per heavy atom. The van der Waals surface area contributed by atoms with Gasteiger partial charge in [0.2, 0.25) is 0 Å². The highest BCUT2D eigenvalue weighted by Crippen LogP contribution is 2.32. The molecular weight excluding hydrogens is 252 g/mol. The summed E-state index contributed by atoms with van der Waals surface area (Å²) in [4.78, 5) is 12.3. The Kier molecular flexibility index (Phi) is 4.41. The molecule has 2 N–H and O–H groups in total. The lowest BCUT2D eigenvalue weighted by atomic mass is 9.76. The predicted molar refractivity (Wildman–Crippen MR) is 76.1 cm³/mol. The number of nitrogens with zero attached hydrogens (tertiary/aromatic N) is 1. The lowest BCUT2D eigenvalue weighted by Gasteiger charge is -2.39. The molecule has 0 saturated heterocycles. The number of nitrogens with one attached hydrogen (secondary N) is 1. The van der Waals surface area contributed by atoms with Gasteiger partial charge in [-0.1, -0.05) is 19.8 Å². The minimum absolute atomic E-state index is 0.0284. The molecule has 4 nitrogen and oxygen atoms in total. The van der Waals surface area contributed by atoms with Gasteiger partial charge >= 0.3 is 0 Å². The van der Waals surface area contributed by atoms with Crippen molar-refractivity contribution >= 4 is 5.91 Å². The van der Waals surface area contributed by atoms with Crippen LogP contribution < -0.4 is 5.32 Å². The molecule has 0 heterocycles. The summed E-state index contributed by atoms with van der Waals surface area (Å²) < 4.78 is 0. The first-order chi connectivity index (χ1) is 9.58. The van der Waals surface area contributed by atoms with Gasteiger partial charge in [0.05, 0.1) is 23.8 Å². The monoisotopic (exact) mass is 272 g/mol. The summed E-state index contributed by atoms with van der Waals surface area (Å²) in [5.41, 5.74) is 0.558. The number of benzene rings is 1. The van der Waals surface area contributed by atoms with Crippen LogP contribution in [0.4, 0.5) is 0 Å². The maximum absolute atomic E-state index is 12.3. The van der Waals surface area contributed by atoms with E-state index in [1.165, 1.54) is 0 Å². The van der Waals surface area contributed by atoms with Crippen molar-refractivity contribution in [3.8, 4) is 6.07 Å². The van der Waals surface area contributed by atoms with E-state index in [2.05, 4.69) is 12.2 Å². The highest BCUT2D eigenvalue weighted by molar-refractivity contribution is 5.94. The Labute approximate surface area is 119 Å². The van der Waals surface area contributed by atoms with Gasteiger partial charge in [-0.2, -0.15) is 5.26 Å². The Hall–Kier alpha value is -1.86. The Morgan fingerprint density at radius 3 is 2.75 bits per heavy atom. The lowest BCUT2D eigenvalue weighted by molar-refractivity contribution is 0.0697. The number of amides is 1. The van der Waals surface area contributed by atoms with Gasteiger partial charge in [-0.3, -0.25) is 4.79 Å². The maximum atomic E-state index is 12.3. The SMILES string of the molecule is CC1CCCC(CO)(NC(=O)c2ccc(C#N)cc2)C1. The zero-order chi connectivity index (χ0) is 14.6. The third-order valence-electron chi connectivity index (χ3n) is 4.05. The van der Waals surface area contributed by atoms with Crippen LogP contribution in [0.2, 0.25) is 0 Å². The van der Waals surface area contributed by atoms with Gasteiger partial charge < -0.3 is 10.4 Å². The second kappa shape index (κ2) is 6.06. The molecule has 2 atom stereocenters. The van der Waals surface area contributed by atoms with E-state index in [1.54, 1.807) is 24.3 Å². The summed E-state index contributed by atoms with van der Waals surface area (Å²) in [7, 11) is 0. The Morgan fingerprint density at radius 2 is 2.20 bits per heavy atom. The topological polar surface area (TPSA) is 73.1 Å². The quantitative estimate of drug-likeness (QED) is 0.886. The van der Waals surface area contributed by atoms with Crippen LogP contribution in [0.1, 0.15) is 48.5 Å². The summed E-state index contributed by atoms with van der Waals surface area (Å²) in [6.07, 6.45) is 3.80. The molecule has 2 rings (SSSR count). The van der Waals surface area contributed by atoms with E-state index in [4.69, 9.17) is 5.26 Å². The lowest BCUT2D eigenvalue weighted by Crippen LogP contribution is -2.53. The smallest absolute Gasteiger partial charge is 0.251 e. The van der Waals surface area contributed by atoms with E-state index >= 15 is 0 Å². The van der Waals surface area contributed by atoms with Crippen molar-refractivity contribution in [3.05, 3.63) is 35.4 Å². The summed E-state index contributed by atoms with van der Waals surface area (Å²) in [6.45, 7) is 2.12. The first-order valence-corrected chi connectivity index (χ1v) is 7.02.